The fraction of sp³-hybridized carbons (Fsp3) is 0.680. The number of ether oxygens (including phenoxy) is 1. The van der Waals surface area contributed by atoms with Crippen LogP contribution in [0.2, 0.25) is 0 Å². The van der Waals surface area contributed by atoms with Crippen LogP contribution in [0.5, 0.6) is 0 Å². The third-order valence-corrected chi connectivity index (χ3v) is 7.81. The van der Waals surface area contributed by atoms with Gasteiger partial charge in [0, 0.05) is 0 Å². The number of benzene rings is 1. The molecule has 1 aromatic rings. The van der Waals surface area contributed by atoms with Crippen molar-refractivity contribution in [2.45, 2.75) is 73.6 Å². The van der Waals surface area contributed by atoms with Gasteiger partial charge in [0.25, 0.3) is 0 Å². The second-order valence-electron chi connectivity index (χ2n) is 10.3. The van der Waals surface area contributed by atoms with Gasteiger partial charge in [-0.1, -0.05) is 65.0 Å². The van der Waals surface area contributed by atoms with E-state index in [0.29, 0.717) is 5.92 Å². The number of rotatable bonds is 8. The fourth-order valence-corrected chi connectivity index (χ4v) is 5.67. The van der Waals surface area contributed by atoms with Crippen molar-refractivity contribution in [1.82, 2.24) is 0 Å². The van der Waals surface area contributed by atoms with E-state index in [4.69, 9.17) is 4.74 Å². The summed E-state index contributed by atoms with van der Waals surface area (Å²) in [4.78, 5) is 12.6. The molecule has 1 aliphatic rings. The molecule has 0 aliphatic heterocycles. The Morgan fingerprint density at radius 2 is 1.79 bits per heavy atom. The highest BCUT2D eigenvalue weighted by atomic mass is 16.5. The molecule has 1 aliphatic carbocycles. The van der Waals surface area contributed by atoms with Crippen LogP contribution in [0.25, 0.3) is 0 Å². The van der Waals surface area contributed by atoms with Crippen molar-refractivity contribution in [1.29, 1.82) is 5.26 Å². The van der Waals surface area contributed by atoms with Crippen LogP contribution in [-0.4, -0.2) is 13.1 Å². The maximum atomic E-state index is 12.6. The van der Waals surface area contributed by atoms with E-state index in [1.165, 1.54) is 12.7 Å². The maximum absolute atomic E-state index is 12.6. The van der Waals surface area contributed by atoms with Crippen LogP contribution in [0.3, 0.4) is 0 Å². The van der Waals surface area contributed by atoms with E-state index < -0.39 is 10.8 Å². The molecule has 3 nitrogen and oxygen atoms in total. The van der Waals surface area contributed by atoms with Gasteiger partial charge in [0.1, 0.15) is 0 Å². The summed E-state index contributed by atoms with van der Waals surface area (Å²) in [6, 6.07) is 13.1. The summed E-state index contributed by atoms with van der Waals surface area (Å²) in [6.07, 6.45) is 2.54. The Morgan fingerprint density at radius 1 is 1.25 bits per heavy atom. The first-order chi connectivity index (χ1) is 12.9. The Morgan fingerprint density at radius 3 is 2.18 bits per heavy atom. The summed E-state index contributed by atoms with van der Waals surface area (Å²) in [5.41, 5.74) is -0.0843. The number of carbonyl (C=O) groups excluding carboxylic acids is 1. The maximum Gasteiger partial charge on any atom is 0.312 e. The Hall–Kier alpha value is -1.82. The quantitative estimate of drug-likeness (QED) is 0.491. The second kappa shape index (κ2) is 7.54. The molecule has 1 aromatic carbocycles. The van der Waals surface area contributed by atoms with Crippen molar-refractivity contribution >= 4 is 5.97 Å². The van der Waals surface area contributed by atoms with E-state index in [9.17, 15) is 10.1 Å². The molecule has 0 heterocycles. The zero-order valence-electron chi connectivity index (χ0n) is 18.9. The molecule has 0 bridgehead atoms. The lowest BCUT2D eigenvalue weighted by atomic mass is 9.50. The van der Waals surface area contributed by atoms with Crippen LogP contribution in [-0.2, 0) is 9.53 Å². The van der Waals surface area contributed by atoms with E-state index in [2.05, 4.69) is 78.8 Å². The fourth-order valence-electron chi connectivity index (χ4n) is 5.67. The highest BCUT2D eigenvalue weighted by Gasteiger charge is 2.62. The van der Waals surface area contributed by atoms with Crippen molar-refractivity contribution in [2.24, 2.45) is 27.6 Å². The lowest BCUT2D eigenvalue weighted by Gasteiger charge is -2.53. The molecule has 28 heavy (non-hydrogen) atoms. The minimum atomic E-state index is -0.507. The molecule has 4 unspecified atom stereocenters. The number of carbonyl (C=O) groups is 1. The third kappa shape index (κ3) is 3.59. The van der Waals surface area contributed by atoms with E-state index in [1.54, 1.807) is 0 Å². The van der Waals surface area contributed by atoms with Crippen LogP contribution in [0.4, 0.5) is 0 Å². The lowest BCUT2D eigenvalue weighted by molar-refractivity contribution is -0.149. The van der Waals surface area contributed by atoms with Gasteiger partial charge in [-0.2, -0.15) is 5.26 Å². The van der Waals surface area contributed by atoms with Gasteiger partial charge in [0.05, 0.1) is 24.0 Å². The molecule has 0 spiro atoms. The van der Waals surface area contributed by atoms with Crippen molar-refractivity contribution in [3.05, 3.63) is 35.9 Å². The molecule has 2 rings (SSSR count). The zero-order chi connectivity index (χ0) is 21.4. The minimum Gasteiger partial charge on any atom is -0.469 e. The van der Waals surface area contributed by atoms with Gasteiger partial charge >= 0.3 is 5.97 Å². The Balaban J connectivity index is 2.59. The van der Waals surface area contributed by atoms with Crippen LogP contribution in [0, 0.1) is 38.9 Å². The summed E-state index contributed by atoms with van der Waals surface area (Å²) < 4.78 is 5.19. The Labute approximate surface area is 171 Å². The SMILES string of the molecule is CCC(C)(C(c1ccccc1)C(C)(C)CC1(C(=O)OC)CC1C)C(C)(C)C#N. The van der Waals surface area contributed by atoms with E-state index >= 15 is 0 Å². The van der Waals surface area contributed by atoms with Crippen molar-refractivity contribution in [2.75, 3.05) is 7.11 Å². The Kier molecular flexibility index (Phi) is 6.05. The van der Waals surface area contributed by atoms with Crippen molar-refractivity contribution < 1.29 is 9.53 Å². The summed E-state index contributed by atoms with van der Waals surface area (Å²) in [5, 5.41) is 10.0. The molecule has 1 saturated carbocycles. The van der Waals surface area contributed by atoms with Crippen molar-refractivity contribution in [3.8, 4) is 6.07 Å². The van der Waals surface area contributed by atoms with Gasteiger partial charge in [-0.05, 0) is 61.3 Å². The van der Waals surface area contributed by atoms with Crippen LogP contribution < -0.4 is 0 Å². The van der Waals surface area contributed by atoms with Gasteiger partial charge in [-0.3, -0.25) is 4.79 Å². The number of esters is 1. The normalized spacial score (nSPS) is 25.3. The van der Waals surface area contributed by atoms with Gasteiger partial charge in [0.2, 0.25) is 0 Å². The number of hydrogen-bond acceptors (Lipinski definition) is 3. The molecule has 0 saturated heterocycles. The number of methoxy groups -OCH3 is 1. The molecular formula is C25H37NO2. The summed E-state index contributed by atoms with van der Waals surface area (Å²) in [7, 11) is 1.49. The van der Waals surface area contributed by atoms with Gasteiger partial charge < -0.3 is 4.74 Å². The predicted octanol–water partition coefficient (Wildman–Crippen LogP) is 6.35. The summed E-state index contributed by atoms with van der Waals surface area (Å²) >= 11 is 0. The highest BCUT2D eigenvalue weighted by Crippen LogP contribution is 2.65. The molecule has 1 fully saturated rings. The molecule has 154 valence electrons. The largest absolute Gasteiger partial charge is 0.469 e. The molecule has 4 atom stereocenters. The molecule has 0 aromatic heterocycles. The minimum absolute atomic E-state index is 0.0855. The average molecular weight is 384 g/mol. The number of nitrogens with zero attached hydrogens (tertiary/aromatic N) is 1. The van der Waals surface area contributed by atoms with Gasteiger partial charge in [-0.15, -0.1) is 0 Å². The first-order valence-electron chi connectivity index (χ1n) is 10.5. The predicted molar refractivity (Wildman–Crippen MR) is 114 cm³/mol. The first-order valence-corrected chi connectivity index (χ1v) is 10.5. The summed E-state index contributed by atoms with van der Waals surface area (Å²) in [6.45, 7) is 15.2. The molecule has 0 amide bonds. The molecule has 3 heteroatoms. The summed E-state index contributed by atoms with van der Waals surface area (Å²) in [5.74, 6) is 0.389. The smallest absolute Gasteiger partial charge is 0.312 e. The first kappa shape index (κ1) is 22.5. The standard InChI is InChI=1S/C25H37NO2/c1-9-24(7,23(5,6)17-26)20(19-13-11-10-12-14-19)22(3,4)16-25(15-18(25)2)21(27)28-8/h10-14,18,20H,9,15-16H2,1-8H3. The highest BCUT2D eigenvalue weighted by molar-refractivity contribution is 5.80. The Bertz CT molecular complexity index is 746. The van der Waals surface area contributed by atoms with Crippen LogP contribution in [0.1, 0.15) is 79.2 Å². The van der Waals surface area contributed by atoms with Crippen LogP contribution >= 0.6 is 0 Å². The van der Waals surface area contributed by atoms with E-state index in [0.717, 1.165) is 19.3 Å². The van der Waals surface area contributed by atoms with Crippen LogP contribution in [0.15, 0.2) is 30.3 Å². The van der Waals surface area contributed by atoms with Gasteiger partial charge in [-0.25, -0.2) is 0 Å². The lowest BCUT2D eigenvalue weighted by Crippen LogP contribution is -2.46. The monoisotopic (exact) mass is 383 g/mol. The van der Waals surface area contributed by atoms with Gasteiger partial charge in [0.15, 0.2) is 0 Å². The molecule has 0 radical (unpaired) electrons. The number of nitriles is 1. The molecular weight excluding hydrogens is 346 g/mol. The zero-order valence-corrected chi connectivity index (χ0v) is 18.9. The topological polar surface area (TPSA) is 50.1 Å². The van der Waals surface area contributed by atoms with E-state index in [1.807, 2.05) is 6.07 Å². The second-order valence-corrected chi connectivity index (χ2v) is 10.3. The van der Waals surface area contributed by atoms with E-state index in [-0.39, 0.29) is 22.7 Å². The molecule has 0 N–H and O–H groups in total. The van der Waals surface area contributed by atoms with Crippen molar-refractivity contribution in [3.63, 3.8) is 0 Å². The number of hydrogen-bond donors (Lipinski definition) is 0. The average Bonchev–Trinajstić information content (AvgIpc) is 3.30. The third-order valence-electron chi connectivity index (χ3n) is 7.81.